The van der Waals surface area contributed by atoms with Crippen molar-refractivity contribution in [3.05, 3.63) is 0 Å². The lowest BCUT2D eigenvalue weighted by Crippen LogP contribution is -2.34. The van der Waals surface area contributed by atoms with Gasteiger partial charge in [0, 0.05) is 0 Å². The number of urea groups is 1. The molecule has 0 fully saturated rings. The molecule has 0 bridgehead atoms. The molecule has 6 heteroatoms. The van der Waals surface area contributed by atoms with E-state index in [1.54, 1.807) is 5.43 Å². The first-order valence-electron chi connectivity index (χ1n) is 1.03. The Bertz CT molecular complexity index is 48.2. The van der Waals surface area contributed by atoms with Gasteiger partial charge < -0.3 is 11.2 Å². The molecule has 0 aliphatic heterocycles. The van der Waals surface area contributed by atoms with E-state index in [1.165, 1.54) is 0 Å². The van der Waals surface area contributed by atoms with Crippen LogP contribution in [0.25, 0.3) is 0 Å². The van der Waals surface area contributed by atoms with Crippen LogP contribution in [0.5, 0.6) is 0 Å². The van der Waals surface area contributed by atoms with Crippen molar-refractivity contribution in [2.24, 2.45) is 11.6 Å². The van der Waals surface area contributed by atoms with Crippen LogP contribution in [0.3, 0.4) is 0 Å². The zero-order valence-corrected chi connectivity index (χ0v) is 4.29. The minimum Gasteiger partial charge on any atom is -0.412 e. The van der Waals surface area contributed by atoms with Gasteiger partial charge in [0.05, 0.1) is 0 Å². The van der Waals surface area contributed by atoms with Crippen LogP contribution in [0.1, 0.15) is 0 Å². The van der Waals surface area contributed by atoms with E-state index in [0.29, 0.717) is 0 Å². The maximum Gasteiger partial charge on any atom is 0.326 e. The maximum absolute atomic E-state index is 9.35. The summed E-state index contributed by atoms with van der Waals surface area (Å²) in [7, 11) is 0. The predicted molar refractivity (Wildman–Crippen MR) is 27.8 cm³/mol. The Balaban J connectivity index is -0.0000000800. The summed E-state index contributed by atoms with van der Waals surface area (Å²) < 4.78 is 0. The molecule has 0 atom stereocenters. The molecule has 0 aliphatic carbocycles. The molecule has 5 nitrogen and oxygen atoms in total. The summed E-state index contributed by atoms with van der Waals surface area (Å²) in [5, 5.41) is 0. The minimum absolute atomic E-state index is 0. The van der Waals surface area contributed by atoms with Crippen molar-refractivity contribution in [2.45, 2.75) is 0 Å². The molecule has 0 rings (SSSR count). The molecule has 0 spiro atoms. The van der Waals surface area contributed by atoms with E-state index >= 15 is 0 Å². The van der Waals surface area contributed by atoms with Gasteiger partial charge >= 0.3 is 6.03 Å². The number of hydrogen-bond donors (Lipinski definition) is 3. The predicted octanol–water partition coefficient (Wildman–Crippen LogP) is -1.87. The summed E-state index contributed by atoms with van der Waals surface area (Å²) >= 11 is 0. The smallest absolute Gasteiger partial charge is 0.326 e. The first-order valence-corrected chi connectivity index (χ1v) is 1.03. The molecular weight excluding hydrogens is 121 g/mol. The second kappa shape index (κ2) is 9.08. The molecule has 0 saturated heterocycles. The largest absolute Gasteiger partial charge is 0.412 e. The Hall–Kier alpha value is -0.520. The summed E-state index contributed by atoms with van der Waals surface area (Å²) in [6.45, 7) is 0. The van der Waals surface area contributed by atoms with Crippen molar-refractivity contribution >= 4 is 18.4 Å². The van der Waals surface area contributed by atoms with Crippen LogP contribution in [0.4, 0.5) is 4.79 Å². The lowest BCUT2D eigenvalue weighted by atomic mass is 11.2. The van der Waals surface area contributed by atoms with Crippen molar-refractivity contribution in [1.29, 1.82) is 0 Å². The topological polar surface area (TPSA) is 113 Å². The fourth-order valence-corrected chi connectivity index (χ4v) is 0. The van der Waals surface area contributed by atoms with E-state index in [-0.39, 0.29) is 17.9 Å². The van der Waals surface area contributed by atoms with Crippen LogP contribution in [0, 0.1) is 0 Å². The molecule has 7 N–H and O–H groups in total. The normalized spacial score (nSPS) is 4.71. The first-order chi connectivity index (χ1) is 2.27. The molecule has 0 saturated carbocycles. The van der Waals surface area contributed by atoms with Crippen molar-refractivity contribution in [2.75, 3.05) is 0 Å². The highest BCUT2D eigenvalue weighted by molar-refractivity contribution is 5.85. The van der Waals surface area contributed by atoms with E-state index in [2.05, 4.69) is 11.6 Å². The highest BCUT2D eigenvalue weighted by Crippen LogP contribution is 1.34. The fraction of sp³-hybridized carbons (Fsp3) is 0. The maximum atomic E-state index is 9.35. The highest BCUT2D eigenvalue weighted by Gasteiger charge is 1.73. The SMILES string of the molecule is Cl.NNC(N)=O.O. The molecule has 0 radical (unpaired) electrons. The summed E-state index contributed by atoms with van der Waals surface area (Å²) in [6.07, 6.45) is 0. The summed E-state index contributed by atoms with van der Waals surface area (Å²) in [5.74, 6) is 4.45. The first kappa shape index (κ1) is 16.1. The van der Waals surface area contributed by atoms with E-state index in [4.69, 9.17) is 0 Å². The lowest BCUT2D eigenvalue weighted by Gasteiger charge is -1.81. The third kappa shape index (κ3) is 30.3. The lowest BCUT2D eigenvalue weighted by molar-refractivity contribution is 0.249. The van der Waals surface area contributed by atoms with Crippen LogP contribution in [0.2, 0.25) is 0 Å². The minimum atomic E-state index is -0.718. The second-order valence-electron chi connectivity index (χ2n) is 0.509. The molecular formula is CH8ClN3O2. The van der Waals surface area contributed by atoms with E-state index in [1.807, 2.05) is 0 Å². The number of nitrogens with two attached hydrogens (primary N) is 2. The van der Waals surface area contributed by atoms with Crippen molar-refractivity contribution in [3.63, 3.8) is 0 Å². The summed E-state index contributed by atoms with van der Waals surface area (Å²) in [5.41, 5.74) is 6.08. The number of carbonyl (C=O) groups is 1. The van der Waals surface area contributed by atoms with Gasteiger partial charge in [-0.2, -0.15) is 0 Å². The number of primary amides is 1. The van der Waals surface area contributed by atoms with Gasteiger partial charge in [-0.25, -0.2) is 10.6 Å². The Morgan fingerprint density at radius 1 is 1.57 bits per heavy atom. The van der Waals surface area contributed by atoms with Crippen LogP contribution in [-0.4, -0.2) is 11.5 Å². The van der Waals surface area contributed by atoms with E-state index < -0.39 is 6.03 Å². The monoisotopic (exact) mass is 129 g/mol. The summed E-state index contributed by atoms with van der Waals surface area (Å²) in [4.78, 5) is 9.35. The average Bonchev–Trinajstić information content (AvgIpc) is 1.38. The third-order valence-corrected chi connectivity index (χ3v) is 0.142. The Labute approximate surface area is 46.7 Å². The Morgan fingerprint density at radius 2 is 1.71 bits per heavy atom. The Morgan fingerprint density at radius 3 is 1.71 bits per heavy atom. The number of hydrogen-bond acceptors (Lipinski definition) is 2. The number of rotatable bonds is 0. The molecule has 2 amide bonds. The molecule has 0 heterocycles. The molecule has 0 unspecified atom stereocenters. The standard InChI is InChI=1S/CH5N3O.ClH.H2O/c2-1(5)4-3;;/h3H2,(H3,2,4,5);1H;1H2. The summed E-state index contributed by atoms with van der Waals surface area (Å²) in [6, 6.07) is -0.718. The van der Waals surface area contributed by atoms with Crippen molar-refractivity contribution in [1.82, 2.24) is 5.43 Å². The van der Waals surface area contributed by atoms with Crippen LogP contribution >= 0.6 is 12.4 Å². The van der Waals surface area contributed by atoms with Gasteiger partial charge in [0.25, 0.3) is 0 Å². The van der Waals surface area contributed by atoms with Gasteiger partial charge in [0.2, 0.25) is 0 Å². The van der Waals surface area contributed by atoms with Gasteiger partial charge in [0.15, 0.2) is 0 Å². The fourth-order valence-electron chi connectivity index (χ4n) is 0. The van der Waals surface area contributed by atoms with Gasteiger partial charge in [-0.05, 0) is 0 Å². The van der Waals surface area contributed by atoms with Crippen molar-refractivity contribution < 1.29 is 10.3 Å². The highest BCUT2D eigenvalue weighted by atomic mass is 35.5. The number of halogens is 1. The second-order valence-corrected chi connectivity index (χ2v) is 0.509. The molecule has 7 heavy (non-hydrogen) atoms. The molecule has 0 aromatic heterocycles. The molecule has 0 aromatic rings. The third-order valence-electron chi connectivity index (χ3n) is 0.142. The Kier molecular flexibility index (Phi) is 20.8. The number of hydrazine groups is 1. The molecule has 46 valence electrons. The average molecular weight is 130 g/mol. The molecule has 0 aliphatic rings. The van der Waals surface area contributed by atoms with Crippen LogP contribution in [0.15, 0.2) is 0 Å². The van der Waals surface area contributed by atoms with E-state index in [0.717, 1.165) is 0 Å². The van der Waals surface area contributed by atoms with Gasteiger partial charge in [-0.15, -0.1) is 12.4 Å². The molecule has 0 aromatic carbocycles. The number of carbonyl (C=O) groups excluding carboxylic acids is 1. The van der Waals surface area contributed by atoms with Gasteiger partial charge in [-0.3, -0.25) is 5.43 Å². The number of amides is 2. The zero-order valence-electron chi connectivity index (χ0n) is 3.47. The van der Waals surface area contributed by atoms with Crippen LogP contribution in [-0.2, 0) is 0 Å². The van der Waals surface area contributed by atoms with Gasteiger partial charge in [-0.1, -0.05) is 0 Å². The van der Waals surface area contributed by atoms with Crippen LogP contribution < -0.4 is 17.0 Å². The van der Waals surface area contributed by atoms with Gasteiger partial charge in [0.1, 0.15) is 0 Å². The number of nitrogens with one attached hydrogen (secondary N) is 1. The zero-order chi connectivity index (χ0) is 4.28. The quantitative estimate of drug-likeness (QED) is 0.202. The van der Waals surface area contributed by atoms with E-state index in [9.17, 15) is 4.79 Å². The van der Waals surface area contributed by atoms with Crippen molar-refractivity contribution in [3.8, 4) is 0 Å².